The molecule has 0 atom stereocenters. The second-order valence-electron chi connectivity index (χ2n) is 7.50. The molecule has 0 unspecified atom stereocenters. The fraction of sp³-hybridized carbons (Fsp3) is 0.154. The molecule has 3 aromatic carbocycles. The zero-order valence-electron chi connectivity index (χ0n) is 19.1. The summed E-state index contributed by atoms with van der Waals surface area (Å²) in [5.41, 5.74) is 1.76. The minimum absolute atomic E-state index is 0.198. The Morgan fingerprint density at radius 1 is 0.912 bits per heavy atom. The van der Waals surface area contributed by atoms with Gasteiger partial charge in [0.15, 0.2) is 16.9 Å². The average Bonchev–Trinajstić information content (AvgIpc) is 2.87. The molecule has 7 nitrogen and oxygen atoms in total. The highest BCUT2D eigenvalue weighted by Gasteiger charge is 2.22. The van der Waals surface area contributed by atoms with E-state index in [0.717, 1.165) is 0 Å². The van der Waals surface area contributed by atoms with Crippen molar-refractivity contribution in [3.63, 3.8) is 0 Å². The summed E-state index contributed by atoms with van der Waals surface area (Å²) in [6.45, 7) is 0. The average molecular weight is 479 g/mol. The van der Waals surface area contributed by atoms with Crippen LogP contribution in [-0.2, 0) is 7.05 Å². The maximum Gasteiger partial charge on any atom is 0.257 e. The normalized spacial score (nSPS) is 10.7. The Hall–Kier alpha value is -3.97. The molecule has 0 bridgehead atoms. The largest absolute Gasteiger partial charge is 0.493 e. The molecule has 0 fully saturated rings. The van der Waals surface area contributed by atoms with E-state index in [1.807, 2.05) is 18.2 Å². The van der Waals surface area contributed by atoms with Crippen LogP contribution in [0.4, 0.5) is 5.82 Å². The van der Waals surface area contributed by atoms with Crippen LogP contribution in [0.3, 0.4) is 0 Å². The first-order valence-electron chi connectivity index (χ1n) is 10.4. The predicted molar refractivity (Wildman–Crippen MR) is 134 cm³/mol. The number of fused-ring (bicyclic) bond motifs is 1. The number of aryl methyl sites for hydroxylation is 1. The zero-order valence-corrected chi connectivity index (χ0v) is 19.9. The molecule has 0 radical (unpaired) electrons. The van der Waals surface area contributed by atoms with E-state index in [2.05, 4.69) is 5.32 Å². The molecule has 34 heavy (non-hydrogen) atoms. The number of pyridine rings is 1. The third kappa shape index (κ3) is 4.06. The van der Waals surface area contributed by atoms with Crippen molar-refractivity contribution in [2.45, 2.75) is 0 Å². The molecule has 0 aliphatic rings. The molecule has 0 saturated heterocycles. The van der Waals surface area contributed by atoms with Gasteiger partial charge >= 0.3 is 0 Å². The number of aromatic nitrogens is 1. The third-order valence-electron chi connectivity index (χ3n) is 5.60. The second kappa shape index (κ2) is 9.49. The van der Waals surface area contributed by atoms with Crippen LogP contribution in [0.2, 0.25) is 5.02 Å². The van der Waals surface area contributed by atoms with Gasteiger partial charge in [-0.1, -0.05) is 35.9 Å². The lowest BCUT2D eigenvalue weighted by molar-refractivity contribution is 0.102. The monoisotopic (exact) mass is 478 g/mol. The number of hydrogen-bond acceptors (Lipinski definition) is 5. The van der Waals surface area contributed by atoms with Gasteiger partial charge in [0.05, 0.1) is 32.4 Å². The number of benzene rings is 3. The summed E-state index contributed by atoms with van der Waals surface area (Å²) in [6, 6.07) is 17.3. The lowest BCUT2D eigenvalue weighted by Crippen LogP contribution is -2.21. The Morgan fingerprint density at radius 2 is 1.53 bits per heavy atom. The standard InChI is InChI=1S/C26H23ClN2O5/c1-29-19-8-6-5-7-18(19)23(30)22(15-9-11-17(27)12-10-15)25(29)28-26(31)16-13-20(32-2)24(34-4)21(14-16)33-3/h5-14H,1-4H3,(H,28,31). The molecule has 4 rings (SSSR count). The molecule has 174 valence electrons. The first-order valence-corrected chi connectivity index (χ1v) is 10.8. The SMILES string of the molecule is COc1cc(C(=O)Nc2c(-c3ccc(Cl)cc3)c(=O)c3ccccc3n2C)cc(OC)c1OC. The number of para-hydroxylation sites is 1. The Bertz CT molecular complexity index is 1420. The quantitative estimate of drug-likeness (QED) is 0.415. The maximum atomic E-state index is 13.5. The second-order valence-corrected chi connectivity index (χ2v) is 7.94. The fourth-order valence-corrected chi connectivity index (χ4v) is 4.04. The number of rotatable bonds is 6. The highest BCUT2D eigenvalue weighted by atomic mass is 35.5. The summed E-state index contributed by atoms with van der Waals surface area (Å²) in [5.74, 6) is 0.973. The molecule has 4 aromatic rings. The van der Waals surface area contributed by atoms with Gasteiger partial charge in [-0.2, -0.15) is 0 Å². The highest BCUT2D eigenvalue weighted by Crippen LogP contribution is 2.38. The molecule has 1 aromatic heterocycles. The predicted octanol–water partition coefficient (Wildman–Crippen LogP) is 5.14. The maximum absolute atomic E-state index is 13.5. The summed E-state index contributed by atoms with van der Waals surface area (Å²) < 4.78 is 17.9. The Labute approximate surface area is 201 Å². The summed E-state index contributed by atoms with van der Waals surface area (Å²) in [7, 11) is 6.24. The van der Waals surface area contributed by atoms with Gasteiger partial charge < -0.3 is 24.1 Å². The van der Waals surface area contributed by atoms with Gasteiger partial charge in [-0.25, -0.2) is 0 Å². The molecule has 1 N–H and O–H groups in total. The fourth-order valence-electron chi connectivity index (χ4n) is 3.91. The van der Waals surface area contributed by atoms with Crippen molar-refractivity contribution < 1.29 is 19.0 Å². The van der Waals surface area contributed by atoms with E-state index in [4.69, 9.17) is 25.8 Å². The zero-order chi connectivity index (χ0) is 24.4. The van der Waals surface area contributed by atoms with Crippen molar-refractivity contribution >= 4 is 34.2 Å². The number of methoxy groups -OCH3 is 3. The summed E-state index contributed by atoms with van der Waals surface area (Å²) >= 11 is 6.06. The lowest BCUT2D eigenvalue weighted by atomic mass is 10.0. The number of anilines is 1. The van der Waals surface area contributed by atoms with Gasteiger partial charge in [-0.05, 0) is 42.0 Å². The van der Waals surface area contributed by atoms with Gasteiger partial charge in [0.25, 0.3) is 5.91 Å². The van der Waals surface area contributed by atoms with E-state index in [1.54, 1.807) is 54.1 Å². The van der Waals surface area contributed by atoms with Gasteiger partial charge in [0.2, 0.25) is 5.75 Å². The molecule has 8 heteroatoms. The number of nitrogens with one attached hydrogen (secondary N) is 1. The van der Waals surface area contributed by atoms with E-state index < -0.39 is 5.91 Å². The topological polar surface area (TPSA) is 78.8 Å². The van der Waals surface area contributed by atoms with Crippen molar-refractivity contribution in [3.05, 3.63) is 81.5 Å². The highest BCUT2D eigenvalue weighted by molar-refractivity contribution is 6.30. The number of amides is 1. The molecular weight excluding hydrogens is 456 g/mol. The molecule has 0 spiro atoms. The van der Waals surface area contributed by atoms with E-state index >= 15 is 0 Å². The van der Waals surface area contributed by atoms with Gasteiger partial charge in [-0.3, -0.25) is 9.59 Å². The van der Waals surface area contributed by atoms with Crippen LogP contribution >= 0.6 is 11.6 Å². The number of carbonyl (C=O) groups excluding carboxylic acids is 1. The van der Waals surface area contributed by atoms with E-state index in [1.165, 1.54) is 21.3 Å². The molecule has 0 aliphatic heterocycles. The van der Waals surface area contributed by atoms with Crippen molar-refractivity contribution in [1.82, 2.24) is 4.57 Å². The van der Waals surface area contributed by atoms with Crippen molar-refractivity contribution in [3.8, 4) is 28.4 Å². The van der Waals surface area contributed by atoms with Crippen LogP contribution in [0.25, 0.3) is 22.0 Å². The van der Waals surface area contributed by atoms with E-state index in [-0.39, 0.29) is 11.0 Å². The van der Waals surface area contributed by atoms with Gasteiger partial charge in [-0.15, -0.1) is 0 Å². The van der Waals surface area contributed by atoms with E-state index in [0.29, 0.717) is 50.1 Å². The first-order chi connectivity index (χ1) is 16.4. The molecule has 0 saturated carbocycles. The molecule has 0 aliphatic carbocycles. The number of halogens is 1. The third-order valence-corrected chi connectivity index (χ3v) is 5.85. The van der Waals surface area contributed by atoms with Gasteiger partial charge in [0.1, 0.15) is 5.82 Å². The van der Waals surface area contributed by atoms with Crippen LogP contribution in [-0.4, -0.2) is 31.8 Å². The van der Waals surface area contributed by atoms with Crippen molar-refractivity contribution in [2.75, 3.05) is 26.6 Å². The van der Waals surface area contributed by atoms with Crippen LogP contribution in [0.1, 0.15) is 10.4 Å². The number of hydrogen-bond donors (Lipinski definition) is 1. The van der Waals surface area contributed by atoms with Crippen LogP contribution in [0, 0.1) is 0 Å². The van der Waals surface area contributed by atoms with E-state index in [9.17, 15) is 9.59 Å². The van der Waals surface area contributed by atoms with Crippen LogP contribution in [0.15, 0.2) is 65.5 Å². The van der Waals surface area contributed by atoms with Crippen LogP contribution in [0.5, 0.6) is 17.2 Å². The number of carbonyl (C=O) groups is 1. The lowest BCUT2D eigenvalue weighted by Gasteiger charge is -2.19. The van der Waals surface area contributed by atoms with Crippen molar-refractivity contribution in [1.29, 1.82) is 0 Å². The smallest absolute Gasteiger partial charge is 0.257 e. The summed E-state index contributed by atoms with van der Waals surface area (Å²) in [4.78, 5) is 26.9. The Balaban J connectivity index is 1.90. The molecule has 1 heterocycles. The molecule has 1 amide bonds. The van der Waals surface area contributed by atoms with Crippen LogP contribution < -0.4 is 25.0 Å². The Kier molecular flexibility index (Phi) is 6.47. The van der Waals surface area contributed by atoms with Gasteiger partial charge in [0, 0.05) is 23.0 Å². The Morgan fingerprint density at radius 3 is 2.12 bits per heavy atom. The number of nitrogens with zero attached hydrogens (tertiary/aromatic N) is 1. The molecular formula is C26H23ClN2O5. The minimum atomic E-state index is -0.445. The summed E-state index contributed by atoms with van der Waals surface area (Å²) in [6.07, 6.45) is 0. The first kappa shape index (κ1) is 23.2. The minimum Gasteiger partial charge on any atom is -0.493 e. The summed E-state index contributed by atoms with van der Waals surface area (Å²) in [5, 5.41) is 4.01. The van der Waals surface area contributed by atoms with Crippen molar-refractivity contribution in [2.24, 2.45) is 7.05 Å². The number of ether oxygens (including phenoxy) is 3.